The minimum atomic E-state index is -1.27. The predicted molar refractivity (Wildman–Crippen MR) is 48.1 cm³/mol. The number of nitrogens with one attached hydrogen (secondary N) is 1. The Balaban J connectivity index is 3.75. The van der Waals surface area contributed by atoms with Crippen LogP contribution in [-0.4, -0.2) is 6.21 Å². The Hall–Kier alpha value is -1.96. The summed E-state index contributed by atoms with van der Waals surface area (Å²) in [6.45, 7) is 1.41. The van der Waals surface area contributed by atoms with E-state index in [9.17, 15) is 8.78 Å². The average molecular weight is 195 g/mol. The zero-order chi connectivity index (χ0) is 10.9. The van der Waals surface area contributed by atoms with Gasteiger partial charge in [-0.25, -0.2) is 8.78 Å². The molecule has 14 heavy (non-hydrogen) atoms. The number of halogens is 2. The fourth-order valence-electron chi connectivity index (χ4n) is 1.16. The van der Waals surface area contributed by atoms with Crippen LogP contribution in [0.2, 0.25) is 0 Å². The first-order valence-corrected chi connectivity index (χ1v) is 3.72. The number of rotatable bonds is 1. The van der Waals surface area contributed by atoms with Crippen molar-refractivity contribution in [2.75, 3.05) is 5.73 Å². The van der Waals surface area contributed by atoms with Crippen LogP contribution in [0.5, 0.6) is 0 Å². The molecule has 1 aromatic carbocycles. The number of nitrogens with two attached hydrogens (primary N) is 1. The Labute approximate surface area is 79.3 Å². The first-order valence-electron chi connectivity index (χ1n) is 3.72. The van der Waals surface area contributed by atoms with Crippen molar-refractivity contribution >= 4 is 11.9 Å². The van der Waals surface area contributed by atoms with E-state index in [1.54, 1.807) is 6.07 Å². The van der Waals surface area contributed by atoms with Crippen LogP contribution in [0.1, 0.15) is 16.7 Å². The molecule has 0 unspecified atom stereocenters. The van der Waals surface area contributed by atoms with Crippen LogP contribution in [-0.2, 0) is 0 Å². The summed E-state index contributed by atoms with van der Waals surface area (Å²) < 4.78 is 26.2. The lowest BCUT2D eigenvalue weighted by atomic mass is 10.0. The number of nitrogen functional groups attached to an aromatic ring is 1. The van der Waals surface area contributed by atoms with Gasteiger partial charge in [-0.05, 0) is 12.5 Å². The second kappa shape index (κ2) is 3.42. The third kappa shape index (κ3) is 1.21. The Morgan fingerprint density at radius 1 is 1.43 bits per heavy atom. The highest BCUT2D eigenvalue weighted by Crippen LogP contribution is 2.25. The Kier molecular flexibility index (Phi) is 2.47. The van der Waals surface area contributed by atoms with E-state index in [-0.39, 0.29) is 16.7 Å². The van der Waals surface area contributed by atoms with Gasteiger partial charge in [-0.1, -0.05) is 0 Å². The third-order valence-corrected chi connectivity index (χ3v) is 1.97. The first-order chi connectivity index (χ1) is 6.54. The number of nitrogens with zero attached hydrogens (tertiary/aromatic N) is 1. The van der Waals surface area contributed by atoms with Crippen molar-refractivity contribution in [2.24, 2.45) is 0 Å². The molecule has 3 nitrogen and oxygen atoms in total. The van der Waals surface area contributed by atoms with Crippen molar-refractivity contribution in [1.82, 2.24) is 0 Å². The van der Waals surface area contributed by atoms with Gasteiger partial charge in [0.15, 0.2) is 11.6 Å². The van der Waals surface area contributed by atoms with Crippen molar-refractivity contribution in [3.63, 3.8) is 0 Å². The van der Waals surface area contributed by atoms with E-state index in [0.717, 1.165) is 0 Å². The molecular weight excluding hydrogens is 188 g/mol. The number of anilines is 1. The van der Waals surface area contributed by atoms with E-state index < -0.39 is 17.3 Å². The predicted octanol–water partition coefficient (Wildman–Crippen LogP) is 1.72. The summed E-state index contributed by atoms with van der Waals surface area (Å²) in [5.41, 5.74) is 4.51. The number of nitriles is 1. The van der Waals surface area contributed by atoms with Crippen LogP contribution in [0.4, 0.5) is 14.5 Å². The standard InChI is InChI=1S/C9H7F2N3/c1-4-5(2-12)7(10)8(11)9(14)6(4)3-13/h2,12H,14H2,1H3. The minimum absolute atomic E-state index is 0.123. The highest BCUT2D eigenvalue weighted by Gasteiger charge is 2.18. The Morgan fingerprint density at radius 2 is 2.00 bits per heavy atom. The van der Waals surface area contributed by atoms with Crippen LogP contribution in [0, 0.1) is 35.3 Å². The normalized spacial score (nSPS) is 9.57. The molecular formula is C9H7F2N3. The Bertz CT molecular complexity index is 447. The van der Waals surface area contributed by atoms with E-state index in [0.29, 0.717) is 6.21 Å². The molecule has 0 heterocycles. The molecule has 0 bridgehead atoms. The maximum atomic E-state index is 13.1. The van der Waals surface area contributed by atoms with Gasteiger partial charge in [0.05, 0.1) is 11.3 Å². The third-order valence-electron chi connectivity index (χ3n) is 1.97. The summed E-state index contributed by atoms with van der Waals surface area (Å²) in [6.07, 6.45) is 0.661. The number of hydrogen-bond donors (Lipinski definition) is 2. The highest BCUT2D eigenvalue weighted by atomic mass is 19.2. The summed E-state index contributed by atoms with van der Waals surface area (Å²) in [6, 6.07) is 1.67. The number of hydrogen-bond acceptors (Lipinski definition) is 3. The molecule has 0 saturated heterocycles. The molecule has 0 spiro atoms. The van der Waals surface area contributed by atoms with E-state index in [1.807, 2.05) is 0 Å². The smallest absolute Gasteiger partial charge is 0.183 e. The van der Waals surface area contributed by atoms with Crippen LogP contribution in [0.25, 0.3) is 0 Å². The van der Waals surface area contributed by atoms with Crippen molar-refractivity contribution in [1.29, 1.82) is 10.7 Å². The van der Waals surface area contributed by atoms with Gasteiger partial charge >= 0.3 is 0 Å². The summed E-state index contributed by atoms with van der Waals surface area (Å²) in [4.78, 5) is 0. The lowest BCUT2D eigenvalue weighted by Gasteiger charge is -2.08. The van der Waals surface area contributed by atoms with Crippen molar-refractivity contribution in [3.8, 4) is 6.07 Å². The van der Waals surface area contributed by atoms with Gasteiger partial charge in [-0.15, -0.1) is 0 Å². The molecule has 1 aromatic rings. The summed E-state index contributed by atoms with van der Waals surface area (Å²) in [5, 5.41) is 15.5. The van der Waals surface area contributed by atoms with Gasteiger partial charge in [-0.2, -0.15) is 5.26 Å². The minimum Gasteiger partial charge on any atom is -0.395 e. The molecule has 0 aliphatic heterocycles. The summed E-state index contributed by atoms with van der Waals surface area (Å²) in [7, 11) is 0. The molecule has 0 aliphatic rings. The number of benzene rings is 1. The molecule has 5 heteroatoms. The molecule has 0 radical (unpaired) electrons. The topological polar surface area (TPSA) is 73.7 Å². The fourth-order valence-corrected chi connectivity index (χ4v) is 1.16. The van der Waals surface area contributed by atoms with Gasteiger partial charge in [0.2, 0.25) is 0 Å². The molecule has 0 amide bonds. The molecule has 3 N–H and O–H groups in total. The molecule has 0 fully saturated rings. The van der Waals surface area contributed by atoms with E-state index in [2.05, 4.69) is 0 Å². The Morgan fingerprint density at radius 3 is 2.43 bits per heavy atom. The van der Waals surface area contributed by atoms with E-state index >= 15 is 0 Å². The summed E-state index contributed by atoms with van der Waals surface area (Å²) >= 11 is 0. The fraction of sp³-hybridized carbons (Fsp3) is 0.111. The zero-order valence-corrected chi connectivity index (χ0v) is 7.36. The highest BCUT2D eigenvalue weighted by molar-refractivity contribution is 5.83. The second-order valence-electron chi connectivity index (χ2n) is 2.71. The van der Waals surface area contributed by atoms with Crippen molar-refractivity contribution in [3.05, 3.63) is 28.3 Å². The largest absolute Gasteiger partial charge is 0.395 e. The van der Waals surface area contributed by atoms with Gasteiger partial charge < -0.3 is 11.1 Å². The van der Waals surface area contributed by atoms with Crippen LogP contribution < -0.4 is 5.73 Å². The van der Waals surface area contributed by atoms with Gasteiger partial charge in [0.25, 0.3) is 0 Å². The average Bonchev–Trinajstić information content (AvgIpc) is 2.16. The lowest BCUT2D eigenvalue weighted by molar-refractivity contribution is 0.509. The first kappa shape index (κ1) is 10.1. The quantitative estimate of drug-likeness (QED) is 0.529. The van der Waals surface area contributed by atoms with Gasteiger partial charge in [0.1, 0.15) is 6.07 Å². The maximum Gasteiger partial charge on any atom is 0.183 e. The van der Waals surface area contributed by atoms with Gasteiger partial charge in [0, 0.05) is 11.8 Å². The van der Waals surface area contributed by atoms with Crippen LogP contribution in [0.3, 0.4) is 0 Å². The SMILES string of the molecule is Cc1c(C#N)c(N)c(F)c(F)c1C=N. The second-order valence-corrected chi connectivity index (χ2v) is 2.71. The molecule has 0 aliphatic carbocycles. The van der Waals surface area contributed by atoms with Gasteiger partial charge in [-0.3, -0.25) is 0 Å². The molecule has 0 aromatic heterocycles. The summed E-state index contributed by atoms with van der Waals surface area (Å²) in [5.74, 6) is -2.46. The van der Waals surface area contributed by atoms with E-state index in [4.69, 9.17) is 16.4 Å². The lowest BCUT2D eigenvalue weighted by Crippen LogP contribution is -2.06. The molecule has 0 atom stereocenters. The van der Waals surface area contributed by atoms with Crippen molar-refractivity contribution < 1.29 is 8.78 Å². The maximum absolute atomic E-state index is 13.1. The molecule has 1 rings (SSSR count). The zero-order valence-electron chi connectivity index (χ0n) is 7.36. The molecule has 0 saturated carbocycles. The van der Waals surface area contributed by atoms with Crippen LogP contribution >= 0.6 is 0 Å². The van der Waals surface area contributed by atoms with Crippen LogP contribution in [0.15, 0.2) is 0 Å². The molecule has 72 valence electrons. The monoisotopic (exact) mass is 195 g/mol. The van der Waals surface area contributed by atoms with E-state index in [1.165, 1.54) is 6.92 Å². The van der Waals surface area contributed by atoms with Crippen molar-refractivity contribution in [2.45, 2.75) is 6.92 Å².